The Morgan fingerprint density at radius 1 is 1.33 bits per heavy atom. The van der Waals surface area contributed by atoms with Crippen LogP contribution in [0.1, 0.15) is 42.0 Å². The van der Waals surface area contributed by atoms with Crippen LogP contribution >= 0.6 is 0 Å². The topological polar surface area (TPSA) is 68.0 Å². The molecule has 24 heavy (non-hydrogen) atoms. The second-order valence-electron chi connectivity index (χ2n) is 6.54. The van der Waals surface area contributed by atoms with E-state index in [1.165, 1.54) is 0 Å². The smallest absolute Gasteiger partial charge is 0.224 e. The van der Waals surface area contributed by atoms with Gasteiger partial charge in [-0.15, -0.1) is 0 Å². The minimum absolute atomic E-state index is 0.0134. The summed E-state index contributed by atoms with van der Waals surface area (Å²) in [7, 11) is 3.83. The van der Waals surface area contributed by atoms with Crippen LogP contribution < -0.4 is 5.32 Å². The summed E-state index contributed by atoms with van der Waals surface area (Å²) < 4.78 is 3.94. The molecule has 3 heterocycles. The quantitative estimate of drug-likeness (QED) is 0.898. The number of hydrogen-bond acceptors (Lipinski definition) is 4. The Bertz CT molecular complexity index is 746. The molecule has 0 spiro atoms. The predicted molar refractivity (Wildman–Crippen MR) is 91.3 cm³/mol. The molecule has 0 bridgehead atoms. The lowest BCUT2D eigenvalue weighted by Gasteiger charge is -2.26. The van der Waals surface area contributed by atoms with Crippen LogP contribution in [-0.4, -0.2) is 43.2 Å². The van der Waals surface area contributed by atoms with Crippen LogP contribution in [0.2, 0.25) is 0 Å². The van der Waals surface area contributed by atoms with Crippen molar-refractivity contribution in [1.82, 2.24) is 29.5 Å². The molecule has 1 amide bonds. The maximum Gasteiger partial charge on any atom is 0.224 e. The van der Waals surface area contributed by atoms with E-state index < -0.39 is 0 Å². The van der Waals surface area contributed by atoms with E-state index in [4.69, 9.17) is 0 Å². The molecule has 2 atom stereocenters. The molecule has 3 rings (SSSR count). The zero-order chi connectivity index (χ0) is 17.4. The van der Waals surface area contributed by atoms with E-state index in [9.17, 15) is 4.79 Å². The number of carbonyl (C=O) groups is 1. The van der Waals surface area contributed by atoms with Gasteiger partial charge in [0.25, 0.3) is 0 Å². The molecule has 0 aliphatic carbocycles. The van der Waals surface area contributed by atoms with Crippen molar-refractivity contribution in [1.29, 1.82) is 0 Å². The number of imidazole rings is 1. The van der Waals surface area contributed by atoms with Crippen LogP contribution in [0.4, 0.5) is 0 Å². The highest BCUT2D eigenvalue weighted by Gasteiger charge is 2.40. The lowest BCUT2D eigenvalue weighted by molar-refractivity contribution is -0.127. The van der Waals surface area contributed by atoms with E-state index in [0.717, 1.165) is 29.2 Å². The number of hydrogen-bond donors (Lipinski definition) is 1. The second-order valence-corrected chi connectivity index (χ2v) is 6.54. The van der Waals surface area contributed by atoms with Crippen molar-refractivity contribution < 1.29 is 4.79 Å². The van der Waals surface area contributed by atoms with E-state index in [-0.39, 0.29) is 18.0 Å². The van der Waals surface area contributed by atoms with Crippen molar-refractivity contribution in [2.24, 2.45) is 7.05 Å². The van der Waals surface area contributed by atoms with Crippen molar-refractivity contribution >= 4 is 5.91 Å². The third-order valence-electron chi connectivity index (χ3n) is 5.04. The number of carbonyl (C=O) groups excluding carboxylic acids is 1. The molecule has 0 radical (unpaired) electrons. The fourth-order valence-electron chi connectivity index (χ4n) is 3.57. The summed E-state index contributed by atoms with van der Waals surface area (Å²) in [5, 5.41) is 8.05. The van der Waals surface area contributed by atoms with Gasteiger partial charge in [-0.1, -0.05) is 0 Å². The maximum atomic E-state index is 12.3. The van der Waals surface area contributed by atoms with Crippen LogP contribution in [0, 0.1) is 13.8 Å². The van der Waals surface area contributed by atoms with Gasteiger partial charge in [-0.2, -0.15) is 5.10 Å². The number of likely N-dealkylation sites (tertiary alicyclic amines) is 1. The minimum atomic E-state index is 0.0134. The molecule has 1 N–H and O–H groups in total. The summed E-state index contributed by atoms with van der Waals surface area (Å²) in [6, 6.07) is 0.0790. The van der Waals surface area contributed by atoms with Crippen LogP contribution in [0.25, 0.3) is 0 Å². The molecular formula is C17H26N6O. The van der Waals surface area contributed by atoms with Crippen molar-refractivity contribution in [3.8, 4) is 0 Å². The summed E-state index contributed by atoms with van der Waals surface area (Å²) >= 11 is 0. The van der Waals surface area contributed by atoms with Crippen LogP contribution in [-0.2, 0) is 24.9 Å². The van der Waals surface area contributed by atoms with Gasteiger partial charge in [0.1, 0.15) is 0 Å². The third-order valence-corrected chi connectivity index (χ3v) is 5.04. The van der Waals surface area contributed by atoms with E-state index in [0.29, 0.717) is 13.0 Å². The molecule has 0 saturated carbocycles. The molecule has 7 nitrogen and oxygen atoms in total. The van der Waals surface area contributed by atoms with Gasteiger partial charge in [0.15, 0.2) is 0 Å². The van der Waals surface area contributed by atoms with E-state index >= 15 is 0 Å². The monoisotopic (exact) mass is 330 g/mol. The Labute approximate surface area is 142 Å². The molecule has 0 aromatic carbocycles. The highest BCUT2D eigenvalue weighted by Crippen LogP contribution is 2.35. The van der Waals surface area contributed by atoms with Crippen molar-refractivity contribution in [3.05, 3.63) is 35.2 Å². The molecule has 2 aromatic heterocycles. The molecule has 0 unspecified atom stereocenters. The van der Waals surface area contributed by atoms with Crippen molar-refractivity contribution in [2.75, 3.05) is 7.05 Å². The third kappa shape index (κ3) is 2.84. The summed E-state index contributed by atoms with van der Waals surface area (Å²) in [6.07, 6.45) is 4.39. The average molecular weight is 330 g/mol. The largest absolute Gasteiger partial charge is 0.337 e. The highest BCUT2D eigenvalue weighted by molar-refractivity contribution is 5.80. The number of aromatic nitrogens is 4. The van der Waals surface area contributed by atoms with Gasteiger partial charge in [0.2, 0.25) is 5.91 Å². The van der Waals surface area contributed by atoms with Gasteiger partial charge < -0.3 is 14.8 Å². The first-order valence-corrected chi connectivity index (χ1v) is 8.42. The van der Waals surface area contributed by atoms with Gasteiger partial charge in [0, 0.05) is 57.1 Å². The number of nitrogens with zero attached hydrogens (tertiary/aromatic N) is 5. The molecular weight excluding hydrogens is 304 g/mol. The summed E-state index contributed by atoms with van der Waals surface area (Å²) in [5.41, 5.74) is 4.25. The van der Waals surface area contributed by atoms with Crippen LogP contribution in [0.15, 0.2) is 12.5 Å². The molecule has 1 fully saturated rings. The lowest BCUT2D eigenvalue weighted by Crippen LogP contribution is -2.35. The molecule has 130 valence electrons. The minimum Gasteiger partial charge on any atom is -0.337 e. The molecule has 7 heteroatoms. The number of likely N-dealkylation sites (N-methyl/N-ethyl adjacent to an activating group) is 1. The summed E-state index contributed by atoms with van der Waals surface area (Å²) in [5.74, 6) is 0.166. The Kier molecular flexibility index (Phi) is 4.45. The first kappa shape index (κ1) is 16.7. The standard InChI is InChI=1S/C17H26N6O/c1-6-23-9-13(19-10-23)8-18-14-7-15(24)21(4)17(14)16-11(2)20-22(5)12(16)3/h9-10,14,17-18H,6-8H2,1-5H3/t14-,17-/m1/s1. The summed E-state index contributed by atoms with van der Waals surface area (Å²) in [4.78, 5) is 18.6. The van der Waals surface area contributed by atoms with Crippen LogP contribution in [0.3, 0.4) is 0 Å². The zero-order valence-corrected chi connectivity index (χ0v) is 15.1. The lowest BCUT2D eigenvalue weighted by atomic mass is 9.98. The first-order chi connectivity index (χ1) is 11.4. The highest BCUT2D eigenvalue weighted by atomic mass is 16.2. The van der Waals surface area contributed by atoms with Gasteiger partial charge in [-0.25, -0.2) is 4.98 Å². The Balaban J connectivity index is 1.81. The average Bonchev–Trinajstić information content (AvgIpc) is 3.18. The summed E-state index contributed by atoms with van der Waals surface area (Å²) in [6.45, 7) is 7.74. The van der Waals surface area contributed by atoms with E-state index in [1.807, 2.05) is 43.1 Å². The first-order valence-electron chi connectivity index (χ1n) is 8.42. The fraction of sp³-hybridized carbons (Fsp3) is 0.588. The molecule has 1 saturated heterocycles. The van der Waals surface area contributed by atoms with Gasteiger partial charge in [-0.3, -0.25) is 9.48 Å². The van der Waals surface area contributed by atoms with Gasteiger partial charge >= 0.3 is 0 Å². The Hall–Kier alpha value is -2.15. The van der Waals surface area contributed by atoms with Gasteiger partial charge in [0.05, 0.1) is 23.8 Å². The molecule has 2 aromatic rings. The fourth-order valence-corrected chi connectivity index (χ4v) is 3.57. The van der Waals surface area contributed by atoms with Gasteiger partial charge in [-0.05, 0) is 20.8 Å². The van der Waals surface area contributed by atoms with E-state index in [1.54, 1.807) is 0 Å². The number of aryl methyl sites for hydroxylation is 3. The number of amides is 1. The Morgan fingerprint density at radius 3 is 2.67 bits per heavy atom. The Morgan fingerprint density at radius 2 is 2.08 bits per heavy atom. The van der Waals surface area contributed by atoms with Crippen LogP contribution in [0.5, 0.6) is 0 Å². The molecule has 1 aliphatic heterocycles. The van der Waals surface area contributed by atoms with Crippen molar-refractivity contribution in [3.63, 3.8) is 0 Å². The number of rotatable bonds is 5. The predicted octanol–water partition coefficient (Wildman–Crippen LogP) is 1.31. The van der Waals surface area contributed by atoms with Crippen molar-refractivity contribution in [2.45, 2.75) is 52.4 Å². The second kappa shape index (κ2) is 6.39. The maximum absolute atomic E-state index is 12.3. The normalized spacial score (nSPS) is 21.0. The SMILES string of the molecule is CCn1cnc(CN[C@@H]2CC(=O)N(C)[C@H]2c2c(C)nn(C)c2C)c1. The molecule has 1 aliphatic rings. The zero-order valence-electron chi connectivity index (χ0n) is 15.1. The van der Waals surface area contributed by atoms with E-state index in [2.05, 4.69) is 33.8 Å². The number of nitrogens with one attached hydrogen (secondary N) is 1.